The van der Waals surface area contributed by atoms with Gasteiger partial charge in [-0.3, -0.25) is 9.59 Å². The van der Waals surface area contributed by atoms with Crippen molar-refractivity contribution in [1.82, 2.24) is 20.8 Å². The first-order valence-corrected chi connectivity index (χ1v) is 8.64. The van der Waals surface area contributed by atoms with Crippen LogP contribution in [0.5, 0.6) is 0 Å². The summed E-state index contributed by atoms with van der Waals surface area (Å²) in [4.78, 5) is 28.1. The van der Waals surface area contributed by atoms with Crippen LogP contribution in [0, 0.1) is 0 Å². The molecule has 7 nitrogen and oxygen atoms in total. The normalized spacial score (nSPS) is 10.3. The number of amides is 2. The van der Waals surface area contributed by atoms with Gasteiger partial charge in [-0.15, -0.1) is 0 Å². The Labute approximate surface area is 157 Å². The van der Waals surface area contributed by atoms with E-state index in [2.05, 4.69) is 36.7 Å². The van der Waals surface area contributed by atoms with Crippen molar-refractivity contribution in [2.45, 2.75) is 0 Å². The molecular formula is C18H15BrN4O3. The van der Waals surface area contributed by atoms with Crippen molar-refractivity contribution in [3.63, 3.8) is 0 Å². The first-order valence-electron chi connectivity index (χ1n) is 7.85. The minimum absolute atomic E-state index is 0.124. The molecule has 2 N–H and O–H groups in total. The average Bonchev–Trinajstić information content (AvgIpc) is 3.16. The third-order valence-corrected chi connectivity index (χ3v) is 4.16. The number of aromatic nitrogens is 2. The second kappa shape index (κ2) is 8.39. The summed E-state index contributed by atoms with van der Waals surface area (Å²) in [5.74, 6) is -0.496. The molecule has 0 fully saturated rings. The van der Waals surface area contributed by atoms with Gasteiger partial charge < -0.3 is 15.2 Å². The molecule has 1 aromatic heterocycles. The molecule has 26 heavy (non-hydrogen) atoms. The number of halogens is 1. The molecule has 3 aromatic rings. The van der Waals surface area contributed by atoms with Gasteiger partial charge in [-0.2, -0.15) is 4.98 Å². The van der Waals surface area contributed by atoms with Crippen molar-refractivity contribution < 1.29 is 14.1 Å². The third kappa shape index (κ3) is 4.34. The van der Waals surface area contributed by atoms with Gasteiger partial charge in [0.15, 0.2) is 0 Å². The molecule has 0 saturated heterocycles. The number of carbonyl (C=O) groups is 2. The van der Waals surface area contributed by atoms with E-state index >= 15 is 0 Å². The molecule has 0 unspecified atom stereocenters. The van der Waals surface area contributed by atoms with Crippen LogP contribution in [0.1, 0.15) is 21.0 Å². The van der Waals surface area contributed by atoms with Crippen molar-refractivity contribution in [2.75, 3.05) is 13.1 Å². The van der Waals surface area contributed by atoms with Crippen molar-refractivity contribution in [2.24, 2.45) is 0 Å². The Hall–Kier alpha value is -3.00. The highest BCUT2D eigenvalue weighted by Crippen LogP contribution is 2.15. The predicted molar refractivity (Wildman–Crippen MR) is 98.5 cm³/mol. The predicted octanol–water partition coefficient (Wildman–Crippen LogP) is 2.66. The minimum Gasteiger partial charge on any atom is -0.350 e. The van der Waals surface area contributed by atoms with Gasteiger partial charge in [0.1, 0.15) is 0 Å². The van der Waals surface area contributed by atoms with Crippen LogP contribution in [0.4, 0.5) is 0 Å². The molecule has 0 radical (unpaired) electrons. The molecule has 3 rings (SSSR count). The molecule has 2 aromatic carbocycles. The first-order chi connectivity index (χ1) is 12.6. The van der Waals surface area contributed by atoms with E-state index in [-0.39, 0.29) is 24.9 Å². The Kier molecular flexibility index (Phi) is 5.75. The number of hydrogen-bond donors (Lipinski definition) is 2. The van der Waals surface area contributed by atoms with Crippen LogP contribution in [-0.4, -0.2) is 35.0 Å². The molecule has 0 bridgehead atoms. The van der Waals surface area contributed by atoms with Gasteiger partial charge in [0.2, 0.25) is 5.82 Å². The number of hydrogen-bond acceptors (Lipinski definition) is 5. The van der Waals surface area contributed by atoms with Crippen molar-refractivity contribution in [3.8, 4) is 11.4 Å². The molecule has 0 saturated carbocycles. The lowest BCUT2D eigenvalue weighted by molar-refractivity contribution is 0.0898. The molecule has 0 spiro atoms. The van der Waals surface area contributed by atoms with Crippen molar-refractivity contribution in [1.29, 1.82) is 0 Å². The summed E-state index contributed by atoms with van der Waals surface area (Å²) < 4.78 is 5.69. The lowest BCUT2D eigenvalue weighted by Crippen LogP contribution is -2.34. The third-order valence-electron chi connectivity index (χ3n) is 3.47. The summed E-state index contributed by atoms with van der Waals surface area (Å²) in [5, 5.41) is 9.14. The second-order valence-corrected chi connectivity index (χ2v) is 6.14. The van der Waals surface area contributed by atoms with E-state index in [0.717, 1.165) is 5.56 Å². The minimum atomic E-state index is -0.491. The summed E-state index contributed by atoms with van der Waals surface area (Å²) >= 11 is 3.32. The van der Waals surface area contributed by atoms with Gasteiger partial charge in [0.25, 0.3) is 5.91 Å². The molecule has 0 aliphatic carbocycles. The van der Waals surface area contributed by atoms with Gasteiger partial charge in [0, 0.05) is 23.1 Å². The largest absolute Gasteiger partial charge is 0.350 e. The van der Waals surface area contributed by atoms with Crippen molar-refractivity contribution in [3.05, 3.63) is 70.5 Å². The number of rotatable bonds is 6. The molecule has 8 heteroatoms. The zero-order valence-electron chi connectivity index (χ0n) is 13.6. The summed E-state index contributed by atoms with van der Waals surface area (Å²) in [6.07, 6.45) is 0. The summed E-state index contributed by atoms with van der Waals surface area (Å²) in [6, 6.07) is 16.3. The van der Waals surface area contributed by atoms with E-state index in [0.29, 0.717) is 15.9 Å². The van der Waals surface area contributed by atoms with Crippen LogP contribution in [0.2, 0.25) is 0 Å². The van der Waals surface area contributed by atoms with Crippen LogP contribution in [0.25, 0.3) is 11.4 Å². The number of carbonyl (C=O) groups excluding carboxylic acids is 2. The van der Waals surface area contributed by atoms with E-state index in [1.54, 1.807) is 18.2 Å². The fraction of sp³-hybridized carbons (Fsp3) is 0.111. The Morgan fingerprint density at radius 2 is 1.58 bits per heavy atom. The standard InChI is InChI=1S/C18H15BrN4O3/c19-14-9-5-4-8-13(14)16(24)20-10-11-21-17(25)18-22-15(23-26-18)12-6-2-1-3-7-12/h1-9H,10-11H2,(H,20,24)(H,21,25). The molecule has 132 valence electrons. The summed E-state index contributed by atoms with van der Waals surface area (Å²) in [6.45, 7) is 0.504. The zero-order chi connectivity index (χ0) is 18.4. The fourth-order valence-corrected chi connectivity index (χ4v) is 2.65. The maximum Gasteiger partial charge on any atom is 0.316 e. The fourth-order valence-electron chi connectivity index (χ4n) is 2.19. The molecule has 0 aliphatic rings. The number of nitrogens with zero attached hydrogens (tertiary/aromatic N) is 2. The maximum absolute atomic E-state index is 12.0. The maximum atomic E-state index is 12.0. The van der Waals surface area contributed by atoms with Crippen LogP contribution < -0.4 is 10.6 Å². The van der Waals surface area contributed by atoms with E-state index < -0.39 is 5.91 Å². The Bertz CT molecular complexity index is 912. The highest BCUT2D eigenvalue weighted by atomic mass is 79.9. The zero-order valence-corrected chi connectivity index (χ0v) is 15.2. The summed E-state index contributed by atoms with van der Waals surface area (Å²) in [7, 11) is 0. The van der Waals surface area contributed by atoms with Gasteiger partial charge >= 0.3 is 11.8 Å². The van der Waals surface area contributed by atoms with E-state index in [1.807, 2.05) is 36.4 Å². The van der Waals surface area contributed by atoms with E-state index in [1.165, 1.54) is 0 Å². The Morgan fingerprint density at radius 3 is 2.31 bits per heavy atom. The van der Waals surface area contributed by atoms with Gasteiger partial charge in [-0.25, -0.2) is 0 Å². The quantitative estimate of drug-likeness (QED) is 0.604. The molecule has 0 aliphatic heterocycles. The number of benzene rings is 2. The van der Waals surface area contributed by atoms with Crippen molar-refractivity contribution >= 4 is 27.7 Å². The Morgan fingerprint density at radius 1 is 0.923 bits per heavy atom. The topological polar surface area (TPSA) is 97.1 Å². The lowest BCUT2D eigenvalue weighted by Gasteiger charge is -2.07. The first kappa shape index (κ1) is 17.8. The highest BCUT2D eigenvalue weighted by molar-refractivity contribution is 9.10. The van der Waals surface area contributed by atoms with Crippen LogP contribution in [0.3, 0.4) is 0 Å². The molecule has 1 heterocycles. The average molecular weight is 415 g/mol. The smallest absolute Gasteiger partial charge is 0.316 e. The van der Waals surface area contributed by atoms with Crippen LogP contribution in [-0.2, 0) is 0 Å². The van der Waals surface area contributed by atoms with E-state index in [9.17, 15) is 9.59 Å². The van der Waals surface area contributed by atoms with Gasteiger partial charge in [-0.1, -0.05) is 47.6 Å². The summed E-state index contributed by atoms with van der Waals surface area (Å²) in [5.41, 5.74) is 1.29. The molecular weight excluding hydrogens is 400 g/mol. The van der Waals surface area contributed by atoms with Gasteiger partial charge in [-0.05, 0) is 28.1 Å². The van der Waals surface area contributed by atoms with Gasteiger partial charge in [0.05, 0.1) is 5.56 Å². The monoisotopic (exact) mass is 414 g/mol. The highest BCUT2D eigenvalue weighted by Gasteiger charge is 2.15. The molecule has 0 atom stereocenters. The van der Waals surface area contributed by atoms with Crippen LogP contribution in [0.15, 0.2) is 63.6 Å². The number of nitrogens with one attached hydrogen (secondary N) is 2. The second-order valence-electron chi connectivity index (χ2n) is 5.28. The Balaban J connectivity index is 1.48. The van der Waals surface area contributed by atoms with Crippen LogP contribution >= 0.6 is 15.9 Å². The lowest BCUT2D eigenvalue weighted by atomic mass is 10.2. The molecule has 2 amide bonds. The van der Waals surface area contributed by atoms with E-state index in [4.69, 9.17) is 4.52 Å². The SMILES string of the molecule is O=C(NCCNC(=O)c1ccccc1Br)c1nc(-c2ccccc2)no1.